The van der Waals surface area contributed by atoms with Gasteiger partial charge in [0.25, 0.3) is 0 Å². The number of amides is 1. The maximum Gasteiger partial charge on any atom is 0.220 e. The van der Waals surface area contributed by atoms with Crippen molar-refractivity contribution in [2.75, 3.05) is 6.61 Å². The van der Waals surface area contributed by atoms with Crippen molar-refractivity contribution in [3.8, 4) is 0 Å². The van der Waals surface area contributed by atoms with E-state index in [2.05, 4.69) is 31.3 Å². The predicted octanol–water partition coefficient (Wildman–Crippen LogP) is 15.2. The molecule has 0 aliphatic carbocycles. The van der Waals surface area contributed by atoms with Crippen molar-refractivity contribution in [3.63, 3.8) is 0 Å². The molecule has 5 nitrogen and oxygen atoms in total. The predicted molar refractivity (Wildman–Crippen MR) is 245 cm³/mol. The summed E-state index contributed by atoms with van der Waals surface area (Å²) in [7, 11) is 0. The molecule has 334 valence electrons. The van der Waals surface area contributed by atoms with Crippen LogP contribution in [0.1, 0.15) is 284 Å². The van der Waals surface area contributed by atoms with E-state index in [1.807, 2.05) is 0 Å². The molecule has 0 bridgehead atoms. The van der Waals surface area contributed by atoms with Crippen LogP contribution < -0.4 is 5.32 Å². The van der Waals surface area contributed by atoms with Crippen LogP contribution in [0.15, 0.2) is 12.2 Å². The molecule has 0 aromatic heterocycles. The van der Waals surface area contributed by atoms with E-state index in [1.54, 1.807) is 0 Å². The van der Waals surface area contributed by atoms with E-state index in [9.17, 15) is 20.1 Å². The SMILES string of the molecule is CCCCCCCCCCCCCC/C=C\CCCCCCCCCCCCCCCCC(=O)NC(CO)C(O)C(O)CCCCCCCCCCCCCC. The standard InChI is InChI=1S/C51H101NO4/c1-3-5-7-9-11-13-15-17-18-19-20-21-22-23-24-25-26-27-28-29-30-31-32-33-34-36-38-40-42-44-46-50(55)52-48(47-53)51(56)49(54)45-43-41-39-37-35-16-14-12-10-8-6-4-2/h23-24,48-49,51,53-54,56H,3-22,25-47H2,1-2H3,(H,52,55)/b24-23-. The molecule has 0 radical (unpaired) electrons. The quantitative estimate of drug-likeness (QED) is 0.0365. The number of aliphatic hydroxyl groups excluding tert-OH is 3. The van der Waals surface area contributed by atoms with E-state index in [0.717, 1.165) is 38.5 Å². The number of aliphatic hydroxyl groups is 3. The van der Waals surface area contributed by atoms with E-state index in [4.69, 9.17) is 0 Å². The summed E-state index contributed by atoms with van der Waals surface area (Å²) in [6.45, 7) is 4.19. The van der Waals surface area contributed by atoms with Crippen LogP contribution >= 0.6 is 0 Å². The van der Waals surface area contributed by atoms with E-state index >= 15 is 0 Å². The van der Waals surface area contributed by atoms with Crippen LogP contribution in [0.25, 0.3) is 0 Å². The van der Waals surface area contributed by atoms with Crippen molar-refractivity contribution < 1.29 is 20.1 Å². The summed E-state index contributed by atoms with van der Waals surface area (Å²) < 4.78 is 0. The molecule has 0 aromatic carbocycles. The minimum Gasteiger partial charge on any atom is -0.394 e. The molecule has 0 aliphatic rings. The van der Waals surface area contributed by atoms with Gasteiger partial charge >= 0.3 is 0 Å². The van der Waals surface area contributed by atoms with Crippen LogP contribution in [0, 0.1) is 0 Å². The highest BCUT2D eigenvalue weighted by atomic mass is 16.3. The van der Waals surface area contributed by atoms with E-state index in [1.165, 1.54) is 218 Å². The van der Waals surface area contributed by atoms with Gasteiger partial charge in [0.05, 0.1) is 18.8 Å². The van der Waals surface area contributed by atoms with Gasteiger partial charge in [0.2, 0.25) is 5.91 Å². The number of hydrogen-bond acceptors (Lipinski definition) is 4. The number of allylic oxidation sites excluding steroid dienone is 2. The largest absolute Gasteiger partial charge is 0.394 e. The number of carbonyl (C=O) groups excluding carboxylic acids is 1. The van der Waals surface area contributed by atoms with Crippen molar-refractivity contribution in [2.45, 2.75) is 302 Å². The van der Waals surface area contributed by atoms with E-state index < -0.39 is 18.2 Å². The van der Waals surface area contributed by atoms with Gasteiger partial charge in [-0.3, -0.25) is 4.79 Å². The lowest BCUT2D eigenvalue weighted by molar-refractivity contribution is -0.124. The molecule has 56 heavy (non-hydrogen) atoms. The molecule has 5 heteroatoms. The van der Waals surface area contributed by atoms with Crippen molar-refractivity contribution in [1.29, 1.82) is 0 Å². The zero-order chi connectivity index (χ0) is 40.8. The Labute approximate surface area is 350 Å². The lowest BCUT2D eigenvalue weighted by atomic mass is 9.99. The Morgan fingerprint density at radius 3 is 1.04 bits per heavy atom. The summed E-state index contributed by atoms with van der Waals surface area (Å²) in [5.74, 6) is -0.141. The third kappa shape index (κ3) is 41.3. The molecule has 4 N–H and O–H groups in total. The first-order chi connectivity index (χ1) is 27.6. The molecule has 0 fully saturated rings. The van der Waals surface area contributed by atoms with Gasteiger partial charge in [0.15, 0.2) is 0 Å². The number of carbonyl (C=O) groups is 1. The fourth-order valence-corrected chi connectivity index (χ4v) is 8.16. The van der Waals surface area contributed by atoms with Gasteiger partial charge in [0.1, 0.15) is 6.10 Å². The topological polar surface area (TPSA) is 89.8 Å². The summed E-state index contributed by atoms with van der Waals surface area (Å²) in [6.07, 6.45) is 56.4. The molecule has 3 atom stereocenters. The zero-order valence-corrected chi connectivity index (χ0v) is 38.0. The second kappa shape index (κ2) is 46.8. The monoisotopic (exact) mass is 792 g/mol. The smallest absolute Gasteiger partial charge is 0.220 e. The summed E-state index contributed by atoms with van der Waals surface area (Å²) in [6, 6.07) is -0.805. The minimum atomic E-state index is -1.13. The van der Waals surface area contributed by atoms with Crippen LogP contribution in [-0.4, -0.2) is 46.1 Å². The minimum absolute atomic E-state index is 0.141. The Bertz CT molecular complexity index is 788. The van der Waals surface area contributed by atoms with Gasteiger partial charge in [-0.15, -0.1) is 0 Å². The molecule has 0 aliphatic heterocycles. The van der Waals surface area contributed by atoms with Crippen LogP contribution in [0.2, 0.25) is 0 Å². The lowest BCUT2D eigenvalue weighted by Gasteiger charge is -2.26. The Morgan fingerprint density at radius 2 is 0.714 bits per heavy atom. The maximum atomic E-state index is 12.5. The molecule has 0 rings (SSSR count). The van der Waals surface area contributed by atoms with Gasteiger partial charge < -0.3 is 20.6 Å². The van der Waals surface area contributed by atoms with Gasteiger partial charge in [-0.05, 0) is 38.5 Å². The Morgan fingerprint density at radius 1 is 0.429 bits per heavy atom. The Hall–Kier alpha value is -0.910. The fraction of sp³-hybridized carbons (Fsp3) is 0.941. The Kier molecular flexibility index (Phi) is 46.0. The molecule has 0 saturated heterocycles. The molecule has 3 unspecified atom stereocenters. The normalized spacial score (nSPS) is 13.4. The van der Waals surface area contributed by atoms with Crippen LogP contribution in [-0.2, 0) is 4.79 Å². The number of unbranched alkanes of at least 4 members (excludes halogenated alkanes) is 37. The summed E-state index contributed by atoms with van der Waals surface area (Å²) in [5, 5.41) is 33.6. The first-order valence-corrected chi connectivity index (χ1v) is 25.5. The highest BCUT2D eigenvalue weighted by molar-refractivity contribution is 5.76. The average Bonchev–Trinajstić information content (AvgIpc) is 3.20. The van der Waals surface area contributed by atoms with Gasteiger partial charge in [-0.1, -0.05) is 251 Å². The number of rotatable bonds is 47. The maximum absolute atomic E-state index is 12.5. The van der Waals surface area contributed by atoms with Crippen molar-refractivity contribution in [3.05, 3.63) is 12.2 Å². The lowest BCUT2D eigenvalue weighted by Crippen LogP contribution is -2.50. The first-order valence-electron chi connectivity index (χ1n) is 25.5. The summed E-state index contributed by atoms with van der Waals surface area (Å²) in [5.41, 5.74) is 0. The molecule has 0 spiro atoms. The second-order valence-corrected chi connectivity index (χ2v) is 17.7. The number of hydrogen-bond donors (Lipinski definition) is 4. The van der Waals surface area contributed by atoms with E-state index in [-0.39, 0.29) is 12.5 Å². The van der Waals surface area contributed by atoms with Gasteiger partial charge in [0, 0.05) is 6.42 Å². The zero-order valence-electron chi connectivity index (χ0n) is 38.0. The first kappa shape index (κ1) is 55.1. The molecule has 0 aromatic rings. The summed E-state index contributed by atoms with van der Waals surface area (Å²) in [4.78, 5) is 12.5. The third-order valence-corrected chi connectivity index (χ3v) is 12.1. The molecule has 1 amide bonds. The fourth-order valence-electron chi connectivity index (χ4n) is 8.16. The van der Waals surface area contributed by atoms with Crippen LogP contribution in [0.3, 0.4) is 0 Å². The van der Waals surface area contributed by atoms with Crippen molar-refractivity contribution in [1.82, 2.24) is 5.32 Å². The second-order valence-electron chi connectivity index (χ2n) is 17.7. The Balaban J connectivity index is 3.48. The van der Waals surface area contributed by atoms with Gasteiger partial charge in [-0.2, -0.15) is 0 Å². The highest BCUT2D eigenvalue weighted by Crippen LogP contribution is 2.17. The van der Waals surface area contributed by atoms with E-state index in [0.29, 0.717) is 12.8 Å². The molecular formula is C51H101NO4. The molecular weight excluding hydrogens is 691 g/mol. The highest BCUT2D eigenvalue weighted by Gasteiger charge is 2.26. The van der Waals surface area contributed by atoms with Gasteiger partial charge in [-0.25, -0.2) is 0 Å². The number of nitrogens with one attached hydrogen (secondary N) is 1. The third-order valence-electron chi connectivity index (χ3n) is 12.1. The summed E-state index contributed by atoms with van der Waals surface area (Å²) >= 11 is 0. The molecule has 0 saturated carbocycles. The van der Waals surface area contributed by atoms with Crippen LogP contribution in [0.5, 0.6) is 0 Å². The average molecular weight is 792 g/mol. The van der Waals surface area contributed by atoms with Crippen LogP contribution in [0.4, 0.5) is 0 Å². The van der Waals surface area contributed by atoms with Crippen molar-refractivity contribution in [2.24, 2.45) is 0 Å². The van der Waals surface area contributed by atoms with Crippen molar-refractivity contribution >= 4 is 5.91 Å². The molecule has 0 heterocycles.